The molecule has 0 amide bonds. The molecule has 0 spiro atoms. The Balaban J connectivity index is 2.33. The third-order valence-electron chi connectivity index (χ3n) is 2.62. The fourth-order valence-corrected chi connectivity index (χ4v) is 1.85. The Hall–Kier alpha value is -1.51. The number of nitrogens with zero attached hydrogens (tertiary/aromatic N) is 2. The molecule has 1 unspecified atom stereocenters. The molecule has 0 fully saturated rings. The molecule has 0 saturated carbocycles. The highest BCUT2D eigenvalue weighted by Crippen LogP contribution is 2.19. The highest BCUT2D eigenvalue weighted by Gasteiger charge is 2.10. The molecule has 1 atom stereocenters. The summed E-state index contributed by atoms with van der Waals surface area (Å²) in [5.41, 5.74) is 2.53. The van der Waals surface area contributed by atoms with Crippen LogP contribution in [0.25, 0.3) is 0 Å². The molecule has 0 N–H and O–H groups in total. The second kappa shape index (κ2) is 4.34. The molecular formula is C12H15BN2. The first-order valence-electron chi connectivity index (χ1n) is 5.37. The molecule has 0 radical (unpaired) electrons. The standard InChI is InChI=1S/C12H15BN2/c1-2-12(10-6-4-3-5-7-10)15-9-11(13)8-14-15/h3-9,12H,2,13H2,1H3. The van der Waals surface area contributed by atoms with Gasteiger partial charge in [0.2, 0.25) is 0 Å². The second-order valence-electron chi connectivity index (χ2n) is 3.83. The summed E-state index contributed by atoms with van der Waals surface area (Å²) in [5.74, 6) is 0. The van der Waals surface area contributed by atoms with Gasteiger partial charge in [0.05, 0.1) is 6.04 Å². The van der Waals surface area contributed by atoms with Gasteiger partial charge in [0.1, 0.15) is 7.85 Å². The first kappa shape index (κ1) is 10.0. The summed E-state index contributed by atoms with van der Waals surface area (Å²) >= 11 is 0. The molecule has 15 heavy (non-hydrogen) atoms. The Kier molecular flexibility index (Phi) is 2.90. The molecule has 0 bridgehead atoms. The van der Waals surface area contributed by atoms with Crippen molar-refractivity contribution < 1.29 is 0 Å². The zero-order valence-corrected chi connectivity index (χ0v) is 9.22. The van der Waals surface area contributed by atoms with Gasteiger partial charge in [-0.2, -0.15) is 5.10 Å². The first-order chi connectivity index (χ1) is 7.31. The Morgan fingerprint density at radius 1 is 1.33 bits per heavy atom. The number of hydrogen-bond donors (Lipinski definition) is 0. The van der Waals surface area contributed by atoms with Crippen LogP contribution in [0, 0.1) is 0 Å². The summed E-state index contributed by atoms with van der Waals surface area (Å²) in [6, 6.07) is 10.9. The van der Waals surface area contributed by atoms with Crippen LogP contribution < -0.4 is 5.46 Å². The number of hydrogen-bond acceptors (Lipinski definition) is 1. The summed E-state index contributed by atoms with van der Waals surface area (Å²) < 4.78 is 2.05. The van der Waals surface area contributed by atoms with Gasteiger partial charge < -0.3 is 0 Å². The van der Waals surface area contributed by atoms with Crippen molar-refractivity contribution in [3.05, 3.63) is 48.3 Å². The lowest BCUT2D eigenvalue weighted by Crippen LogP contribution is -2.10. The van der Waals surface area contributed by atoms with Crippen LogP contribution in [0.1, 0.15) is 24.9 Å². The summed E-state index contributed by atoms with van der Waals surface area (Å²) in [7, 11) is 2.07. The lowest BCUT2D eigenvalue weighted by Gasteiger charge is -2.15. The summed E-state index contributed by atoms with van der Waals surface area (Å²) in [6.45, 7) is 2.19. The minimum atomic E-state index is 0.361. The average Bonchev–Trinajstić information content (AvgIpc) is 2.68. The smallest absolute Gasteiger partial charge is 0.143 e. The largest absolute Gasteiger partial charge is 0.266 e. The van der Waals surface area contributed by atoms with Gasteiger partial charge >= 0.3 is 0 Å². The number of benzene rings is 1. The number of aromatic nitrogens is 2. The zero-order valence-electron chi connectivity index (χ0n) is 9.22. The number of rotatable bonds is 3. The summed E-state index contributed by atoms with van der Waals surface area (Å²) in [5, 5.41) is 4.38. The first-order valence-corrected chi connectivity index (χ1v) is 5.37. The maximum atomic E-state index is 4.38. The minimum absolute atomic E-state index is 0.361. The van der Waals surface area contributed by atoms with Gasteiger partial charge in [-0.1, -0.05) is 42.7 Å². The second-order valence-corrected chi connectivity index (χ2v) is 3.83. The summed E-state index contributed by atoms with van der Waals surface area (Å²) in [4.78, 5) is 0. The van der Waals surface area contributed by atoms with Gasteiger partial charge in [0.25, 0.3) is 0 Å². The Labute approximate surface area is 91.3 Å². The molecule has 2 rings (SSSR count). The van der Waals surface area contributed by atoms with E-state index in [4.69, 9.17) is 0 Å². The Morgan fingerprint density at radius 3 is 2.60 bits per heavy atom. The van der Waals surface area contributed by atoms with Crippen molar-refractivity contribution in [2.75, 3.05) is 0 Å². The Morgan fingerprint density at radius 2 is 2.07 bits per heavy atom. The van der Waals surface area contributed by atoms with E-state index in [0.717, 1.165) is 6.42 Å². The third-order valence-corrected chi connectivity index (χ3v) is 2.62. The van der Waals surface area contributed by atoms with E-state index in [2.05, 4.69) is 50.3 Å². The molecule has 0 aliphatic rings. The van der Waals surface area contributed by atoms with Crippen molar-refractivity contribution in [3.63, 3.8) is 0 Å². The van der Waals surface area contributed by atoms with Crippen LogP contribution in [-0.2, 0) is 0 Å². The molecule has 2 nitrogen and oxygen atoms in total. The minimum Gasteiger partial charge on any atom is -0.266 e. The molecule has 0 aliphatic carbocycles. The molecule has 1 aromatic heterocycles. The molecule has 2 aromatic rings. The fraction of sp³-hybridized carbons (Fsp3) is 0.250. The third kappa shape index (κ3) is 2.12. The van der Waals surface area contributed by atoms with Crippen LogP contribution in [0.15, 0.2) is 42.7 Å². The molecule has 0 saturated heterocycles. The van der Waals surface area contributed by atoms with Gasteiger partial charge in [-0.05, 0) is 12.0 Å². The molecular weight excluding hydrogens is 183 g/mol. The van der Waals surface area contributed by atoms with Crippen LogP contribution in [0.4, 0.5) is 0 Å². The highest BCUT2D eigenvalue weighted by molar-refractivity contribution is 6.31. The fourth-order valence-electron chi connectivity index (χ4n) is 1.85. The Bertz CT molecular complexity index is 422. The van der Waals surface area contributed by atoms with E-state index in [0.29, 0.717) is 6.04 Å². The molecule has 0 aliphatic heterocycles. The van der Waals surface area contributed by atoms with Crippen LogP contribution >= 0.6 is 0 Å². The van der Waals surface area contributed by atoms with Crippen molar-refractivity contribution in [2.24, 2.45) is 0 Å². The van der Waals surface area contributed by atoms with Crippen molar-refractivity contribution in [3.8, 4) is 0 Å². The van der Waals surface area contributed by atoms with E-state index in [1.807, 2.05) is 16.9 Å². The van der Waals surface area contributed by atoms with E-state index < -0.39 is 0 Å². The molecule has 76 valence electrons. The predicted molar refractivity (Wildman–Crippen MR) is 65.3 cm³/mol. The van der Waals surface area contributed by atoms with E-state index in [1.165, 1.54) is 11.0 Å². The quantitative estimate of drug-likeness (QED) is 0.676. The van der Waals surface area contributed by atoms with Crippen molar-refractivity contribution in [1.29, 1.82) is 0 Å². The predicted octanol–water partition coefficient (Wildman–Crippen LogP) is 1.14. The molecule has 1 heterocycles. The van der Waals surface area contributed by atoms with Gasteiger partial charge in [-0.3, -0.25) is 4.68 Å². The normalized spacial score (nSPS) is 12.6. The topological polar surface area (TPSA) is 17.8 Å². The van der Waals surface area contributed by atoms with Crippen molar-refractivity contribution in [2.45, 2.75) is 19.4 Å². The maximum Gasteiger partial charge on any atom is 0.143 e. The van der Waals surface area contributed by atoms with Gasteiger partial charge in [0, 0.05) is 12.4 Å². The van der Waals surface area contributed by atoms with E-state index in [-0.39, 0.29) is 0 Å². The maximum absolute atomic E-state index is 4.38. The monoisotopic (exact) mass is 198 g/mol. The SMILES string of the molecule is Bc1cnn(C(CC)c2ccccc2)c1. The summed E-state index contributed by atoms with van der Waals surface area (Å²) in [6.07, 6.45) is 5.07. The highest BCUT2D eigenvalue weighted by atomic mass is 15.3. The van der Waals surface area contributed by atoms with E-state index in [9.17, 15) is 0 Å². The van der Waals surface area contributed by atoms with Gasteiger partial charge in [-0.25, -0.2) is 0 Å². The van der Waals surface area contributed by atoms with Crippen LogP contribution in [0.2, 0.25) is 0 Å². The van der Waals surface area contributed by atoms with E-state index in [1.54, 1.807) is 0 Å². The lowest BCUT2D eigenvalue weighted by atomic mass is 10.0. The van der Waals surface area contributed by atoms with Crippen LogP contribution in [0.3, 0.4) is 0 Å². The van der Waals surface area contributed by atoms with Crippen LogP contribution in [0.5, 0.6) is 0 Å². The molecule has 3 heteroatoms. The average molecular weight is 198 g/mol. The molecule has 1 aromatic carbocycles. The van der Waals surface area contributed by atoms with Gasteiger partial charge in [-0.15, -0.1) is 0 Å². The van der Waals surface area contributed by atoms with Crippen molar-refractivity contribution >= 4 is 13.3 Å². The zero-order chi connectivity index (χ0) is 10.7. The van der Waals surface area contributed by atoms with E-state index >= 15 is 0 Å². The van der Waals surface area contributed by atoms with Crippen molar-refractivity contribution in [1.82, 2.24) is 9.78 Å². The van der Waals surface area contributed by atoms with Gasteiger partial charge in [0.15, 0.2) is 0 Å². The lowest BCUT2D eigenvalue weighted by molar-refractivity contribution is 0.509. The van der Waals surface area contributed by atoms with Crippen LogP contribution in [-0.4, -0.2) is 17.6 Å².